The lowest BCUT2D eigenvalue weighted by Crippen LogP contribution is -2.66. The summed E-state index contributed by atoms with van der Waals surface area (Å²) in [6, 6.07) is -0.402. The molecule has 8 nitrogen and oxygen atoms in total. The van der Waals surface area contributed by atoms with Gasteiger partial charge in [0.1, 0.15) is 6.04 Å². The fraction of sp³-hybridized carbons (Fsp3) is 0.571. The second-order valence-electron chi connectivity index (χ2n) is 6.10. The minimum Gasteiger partial charge on any atom is -0.344 e. The summed E-state index contributed by atoms with van der Waals surface area (Å²) in [6.07, 6.45) is 0. The molecule has 0 aromatic carbocycles. The van der Waals surface area contributed by atoms with E-state index < -0.39 is 6.04 Å². The zero-order valence-electron chi connectivity index (χ0n) is 13.3. The van der Waals surface area contributed by atoms with Crippen molar-refractivity contribution in [2.75, 3.05) is 38.1 Å². The number of aryl methyl sites for hydroxylation is 2. The predicted molar refractivity (Wildman–Crippen MR) is 86.5 cm³/mol. The fourth-order valence-electron chi connectivity index (χ4n) is 3.30. The van der Waals surface area contributed by atoms with Crippen LogP contribution in [0.25, 0.3) is 10.3 Å². The molecule has 1 atom stereocenters. The normalized spacial score (nSPS) is 22.2. The van der Waals surface area contributed by atoms with Crippen molar-refractivity contribution in [1.82, 2.24) is 24.6 Å². The van der Waals surface area contributed by atoms with Crippen LogP contribution in [0.15, 0.2) is 0 Å². The molecule has 23 heavy (non-hydrogen) atoms. The molecule has 0 bridgehead atoms. The Morgan fingerprint density at radius 2 is 2.00 bits per heavy atom. The molecular formula is C14H18N6O2S. The standard InChI is InChI=1S/C14H18N6O2S/c1-8-11-12(18(3)16-8)15-14(23-11)19-4-5-20-9(6-19)13(22)17(2)7-10(20)21/h9H,4-7H2,1-3H3/t9-/m1/s1. The Hall–Kier alpha value is -2.16. The summed E-state index contributed by atoms with van der Waals surface area (Å²) in [6.45, 7) is 3.92. The summed E-state index contributed by atoms with van der Waals surface area (Å²) < 4.78 is 2.86. The number of carbonyl (C=O) groups is 2. The highest BCUT2D eigenvalue weighted by molar-refractivity contribution is 7.22. The van der Waals surface area contributed by atoms with Crippen molar-refractivity contribution in [3.8, 4) is 0 Å². The van der Waals surface area contributed by atoms with Gasteiger partial charge in [0, 0.05) is 33.7 Å². The molecule has 2 aromatic heterocycles. The molecule has 0 radical (unpaired) electrons. The van der Waals surface area contributed by atoms with E-state index in [1.54, 1.807) is 28.0 Å². The van der Waals surface area contributed by atoms with Gasteiger partial charge in [0.15, 0.2) is 10.8 Å². The van der Waals surface area contributed by atoms with Crippen molar-refractivity contribution < 1.29 is 9.59 Å². The minimum absolute atomic E-state index is 0.00765. The Kier molecular flexibility index (Phi) is 3.09. The average molecular weight is 334 g/mol. The molecule has 2 aromatic rings. The summed E-state index contributed by atoms with van der Waals surface area (Å²) in [5.41, 5.74) is 1.83. The number of carbonyl (C=O) groups excluding carboxylic acids is 2. The van der Waals surface area contributed by atoms with E-state index in [-0.39, 0.29) is 18.4 Å². The van der Waals surface area contributed by atoms with Gasteiger partial charge in [-0.3, -0.25) is 9.59 Å². The van der Waals surface area contributed by atoms with Crippen molar-refractivity contribution >= 4 is 38.6 Å². The molecule has 0 unspecified atom stereocenters. The molecule has 0 spiro atoms. The lowest BCUT2D eigenvalue weighted by molar-refractivity contribution is -0.154. The fourth-order valence-corrected chi connectivity index (χ4v) is 4.37. The van der Waals surface area contributed by atoms with Crippen LogP contribution in [-0.4, -0.2) is 75.6 Å². The molecule has 0 aliphatic carbocycles. The number of amides is 2. The zero-order valence-corrected chi connectivity index (χ0v) is 14.1. The first kappa shape index (κ1) is 14.4. The second kappa shape index (κ2) is 4.92. The van der Waals surface area contributed by atoms with Crippen molar-refractivity contribution in [3.63, 3.8) is 0 Å². The number of fused-ring (bicyclic) bond motifs is 2. The molecule has 2 saturated heterocycles. The number of likely N-dealkylation sites (N-methyl/N-ethyl adjacent to an activating group) is 1. The largest absolute Gasteiger partial charge is 0.344 e. The number of anilines is 1. The van der Waals surface area contributed by atoms with Crippen molar-refractivity contribution in [1.29, 1.82) is 0 Å². The Labute approximate surface area is 137 Å². The van der Waals surface area contributed by atoms with E-state index in [1.165, 1.54) is 4.90 Å². The Morgan fingerprint density at radius 3 is 2.74 bits per heavy atom. The smallest absolute Gasteiger partial charge is 0.247 e. The van der Waals surface area contributed by atoms with Gasteiger partial charge in [-0.2, -0.15) is 5.10 Å². The second-order valence-corrected chi connectivity index (χ2v) is 7.08. The first-order valence-electron chi connectivity index (χ1n) is 7.55. The van der Waals surface area contributed by atoms with E-state index in [0.717, 1.165) is 21.2 Å². The van der Waals surface area contributed by atoms with Crippen LogP contribution in [0.3, 0.4) is 0 Å². The molecule has 9 heteroatoms. The van der Waals surface area contributed by atoms with Crippen molar-refractivity contribution in [2.24, 2.45) is 7.05 Å². The van der Waals surface area contributed by atoms with Crippen molar-refractivity contribution in [2.45, 2.75) is 13.0 Å². The van der Waals surface area contributed by atoms with Crippen LogP contribution in [-0.2, 0) is 16.6 Å². The first-order chi connectivity index (χ1) is 11.0. The van der Waals surface area contributed by atoms with E-state index in [4.69, 9.17) is 0 Å². The summed E-state index contributed by atoms with van der Waals surface area (Å²) in [5, 5.41) is 5.26. The number of piperazine rings is 2. The van der Waals surface area contributed by atoms with Gasteiger partial charge in [0.2, 0.25) is 11.8 Å². The maximum atomic E-state index is 12.4. The third-order valence-electron chi connectivity index (χ3n) is 4.54. The molecule has 2 aliphatic rings. The third-order valence-corrected chi connectivity index (χ3v) is 5.75. The lowest BCUT2D eigenvalue weighted by Gasteiger charge is -2.45. The molecule has 2 fully saturated rings. The van der Waals surface area contributed by atoms with Gasteiger partial charge in [-0.05, 0) is 6.92 Å². The average Bonchev–Trinajstić information content (AvgIpc) is 3.07. The van der Waals surface area contributed by atoms with Crippen molar-refractivity contribution in [3.05, 3.63) is 5.69 Å². The summed E-state index contributed by atoms with van der Waals surface area (Å²) in [7, 11) is 3.57. The maximum absolute atomic E-state index is 12.4. The quantitative estimate of drug-likeness (QED) is 0.724. The molecule has 0 N–H and O–H groups in total. The Balaban J connectivity index is 1.64. The maximum Gasteiger partial charge on any atom is 0.247 e. The SMILES string of the molecule is Cc1nn(C)c2nc(N3CCN4C(=O)CN(C)C(=O)[C@H]4C3)sc12. The van der Waals surface area contributed by atoms with E-state index in [0.29, 0.717) is 19.6 Å². The number of hydrogen-bond acceptors (Lipinski definition) is 6. The number of hydrogen-bond donors (Lipinski definition) is 0. The van der Waals surface area contributed by atoms with Gasteiger partial charge in [0.25, 0.3) is 0 Å². The number of nitrogens with zero attached hydrogens (tertiary/aromatic N) is 6. The van der Waals surface area contributed by atoms with Crippen LogP contribution in [0.2, 0.25) is 0 Å². The van der Waals surface area contributed by atoms with Crippen LogP contribution in [0, 0.1) is 6.92 Å². The number of rotatable bonds is 1. The monoisotopic (exact) mass is 334 g/mol. The highest BCUT2D eigenvalue weighted by atomic mass is 32.1. The first-order valence-corrected chi connectivity index (χ1v) is 8.37. The van der Waals surface area contributed by atoms with E-state index in [2.05, 4.69) is 15.0 Å². The Morgan fingerprint density at radius 1 is 1.22 bits per heavy atom. The highest BCUT2D eigenvalue weighted by Crippen LogP contribution is 2.32. The van der Waals surface area contributed by atoms with Gasteiger partial charge in [-0.25, -0.2) is 9.67 Å². The molecule has 2 aliphatic heterocycles. The topological polar surface area (TPSA) is 74.6 Å². The molecule has 122 valence electrons. The molecular weight excluding hydrogens is 316 g/mol. The zero-order chi connectivity index (χ0) is 16.3. The minimum atomic E-state index is -0.402. The van der Waals surface area contributed by atoms with E-state index in [1.807, 2.05) is 14.0 Å². The summed E-state index contributed by atoms with van der Waals surface area (Å²) >= 11 is 1.60. The molecule has 4 heterocycles. The van der Waals surface area contributed by atoms with Gasteiger partial charge >= 0.3 is 0 Å². The predicted octanol–water partition coefficient (Wildman–Crippen LogP) is -0.173. The van der Waals surface area contributed by atoms with E-state index >= 15 is 0 Å². The van der Waals surface area contributed by atoms with Gasteiger partial charge in [0.05, 0.1) is 16.9 Å². The van der Waals surface area contributed by atoms with Gasteiger partial charge in [-0.15, -0.1) is 0 Å². The molecule has 4 rings (SSSR count). The number of aromatic nitrogens is 3. The van der Waals surface area contributed by atoms with E-state index in [9.17, 15) is 9.59 Å². The molecule has 0 saturated carbocycles. The lowest BCUT2D eigenvalue weighted by atomic mass is 10.1. The van der Waals surface area contributed by atoms with Crippen LogP contribution >= 0.6 is 11.3 Å². The van der Waals surface area contributed by atoms with Crippen LogP contribution in [0.4, 0.5) is 5.13 Å². The highest BCUT2D eigenvalue weighted by Gasteiger charge is 2.41. The number of thiazole rings is 1. The summed E-state index contributed by atoms with van der Waals surface area (Å²) in [4.78, 5) is 34.5. The van der Waals surface area contributed by atoms with Crippen LogP contribution < -0.4 is 4.90 Å². The van der Waals surface area contributed by atoms with Crippen LogP contribution in [0.5, 0.6) is 0 Å². The molecule has 2 amide bonds. The third kappa shape index (κ3) is 2.10. The van der Waals surface area contributed by atoms with Gasteiger partial charge < -0.3 is 14.7 Å². The van der Waals surface area contributed by atoms with Crippen LogP contribution in [0.1, 0.15) is 5.69 Å². The Bertz CT molecular complexity index is 777. The van der Waals surface area contributed by atoms with Gasteiger partial charge in [-0.1, -0.05) is 11.3 Å². The summed E-state index contributed by atoms with van der Waals surface area (Å²) in [5.74, 6) is 0.0364.